The van der Waals surface area contributed by atoms with Gasteiger partial charge in [0, 0.05) is 5.08 Å². The molecule has 0 saturated heterocycles. The van der Waals surface area contributed by atoms with Crippen molar-refractivity contribution in [3.05, 3.63) is 30.5 Å². The lowest BCUT2D eigenvalue weighted by Crippen LogP contribution is -1.82. The Labute approximate surface area is 109 Å². The van der Waals surface area contributed by atoms with Gasteiger partial charge in [-0.15, -0.1) is 0 Å². The van der Waals surface area contributed by atoms with Crippen LogP contribution in [0.3, 0.4) is 0 Å². The van der Waals surface area contributed by atoms with Gasteiger partial charge in [-0.05, 0) is 36.1 Å². The summed E-state index contributed by atoms with van der Waals surface area (Å²) in [6, 6.07) is 7.94. The quantitative estimate of drug-likeness (QED) is 0.664. The molecule has 2 rings (SSSR count). The molecule has 1 heterocycles. The average Bonchev–Trinajstić information content (AvgIpc) is 2.85. The molecule has 1 N–H and O–H groups in total. The van der Waals surface area contributed by atoms with Crippen molar-refractivity contribution in [2.75, 3.05) is 18.5 Å². The Bertz CT molecular complexity index is 468. The number of thioether (sulfide) groups is 2. The maximum Gasteiger partial charge on any atom is 0.166 e. The number of aromatic amines is 1. The smallest absolute Gasteiger partial charge is 0.166 e. The molecule has 0 fully saturated rings. The fraction of sp³-hybridized carbons (Fsp3) is 0.250. The van der Waals surface area contributed by atoms with Crippen molar-refractivity contribution < 1.29 is 4.74 Å². The van der Waals surface area contributed by atoms with Crippen molar-refractivity contribution in [2.24, 2.45) is 0 Å². The summed E-state index contributed by atoms with van der Waals surface area (Å²) in [6.45, 7) is 0. The maximum absolute atomic E-state index is 5.13. The fourth-order valence-electron chi connectivity index (χ4n) is 1.41. The van der Waals surface area contributed by atoms with Crippen LogP contribution in [-0.2, 0) is 0 Å². The van der Waals surface area contributed by atoms with Gasteiger partial charge in [0.1, 0.15) is 5.75 Å². The second-order valence-electron chi connectivity index (χ2n) is 3.38. The van der Waals surface area contributed by atoms with Crippen LogP contribution in [0.15, 0.2) is 35.6 Å². The van der Waals surface area contributed by atoms with Crippen molar-refractivity contribution in [2.45, 2.75) is 5.16 Å². The summed E-state index contributed by atoms with van der Waals surface area (Å²) in [4.78, 5) is 7.63. The molecular weight excluding hydrogens is 252 g/mol. The van der Waals surface area contributed by atoms with E-state index in [0.29, 0.717) is 0 Å². The minimum absolute atomic E-state index is 0.866. The van der Waals surface area contributed by atoms with Crippen LogP contribution in [0.1, 0.15) is 0 Å². The lowest BCUT2D eigenvalue weighted by Gasteiger charge is -2.00. The summed E-state index contributed by atoms with van der Waals surface area (Å²) in [5.74, 6) is 0.866. The number of hydrogen-bond acceptors (Lipinski definition) is 4. The first-order valence-corrected chi connectivity index (χ1v) is 7.52. The molecule has 0 aliphatic rings. The molecule has 17 heavy (non-hydrogen) atoms. The first-order chi connectivity index (χ1) is 8.33. The fourth-order valence-corrected chi connectivity index (χ4v) is 2.64. The summed E-state index contributed by atoms with van der Waals surface area (Å²) < 4.78 is 5.13. The largest absolute Gasteiger partial charge is 0.497 e. The van der Waals surface area contributed by atoms with Crippen LogP contribution in [0.2, 0.25) is 0 Å². The summed E-state index contributed by atoms with van der Waals surface area (Å²) in [6.07, 6.45) is 3.95. The summed E-state index contributed by atoms with van der Waals surface area (Å²) >= 11 is 3.51. The van der Waals surface area contributed by atoms with Crippen molar-refractivity contribution in [1.82, 2.24) is 9.97 Å². The van der Waals surface area contributed by atoms with E-state index in [4.69, 9.17) is 4.74 Å². The topological polar surface area (TPSA) is 37.9 Å². The summed E-state index contributed by atoms with van der Waals surface area (Å²) in [5.41, 5.74) is 2.16. The number of H-pyrrole nitrogens is 1. The number of methoxy groups -OCH3 is 1. The molecule has 3 nitrogen and oxygen atoms in total. The van der Waals surface area contributed by atoms with E-state index in [0.717, 1.165) is 27.2 Å². The molecule has 0 amide bonds. The Morgan fingerprint density at radius 2 is 2.06 bits per heavy atom. The number of ether oxygens (including phenoxy) is 1. The van der Waals surface area contributed by atoms with Crippen LogP contribution in [0.4, 0.5) is 0 Å². The van der Waals surface area contributed by atoms with Crippen LogP contribution < -0.4 is 4.74 Å². The van der Waals surface area contributed by atoms with E-state index < -0.39 is 0 Å². The number of nitrogens with one attached hydrogen (secondary N) is 1. The summed E-state index contributed by atoms with van der Waals surface area (Å²) in [5, 5.41) is 1.97. The predicted molar refractivity (Wildman–Crippen MR) is 74.8 cm³/mol. The lowest BCUT2D eigenvalue weighted by molar-refractivity contribution is 0.415. The van der Waals surface area contributed by atoms with E-state index in [9.17, 15) is 0 Å². The zero-order valence-electron chi connectivity index (χ0n) is 9.77. The van der Waals surface area contributed by atoms with Gasteiger partial charge in [0.15, 0.2) is 5.16 Å². The van der Waals surface area contributed by atoms with E-state index in [1.165, 1.54) is 0 Å². The van der Waals surface area contributed by atoms with Gasteiger partial charge in [0.25, 0.3) is 0 Å². The van der Waals surface area contributed by atoms with Crippen molar-refractivity contribution in [1.29, 1.82) is 0 Å². The van der Waals surface area contributed by atoms with Gasteiger partial charge >= 0.3 is 0 Å². The van der Waals surface area contributed by atoms with Crippen LogP contribution in [0.5, 0.6) is 5.75 Å². The number of aromatic nitrogens is 2. The first kappa shape index (κ1) is 12.4. The standard InChI is InChI=1S/C12H14N2OS2/c1-15-10-5-3-9(4-6-10)11-7-13-12(14-11)17-8-16-2/h3-7H,8H2,1-2H3,(H,13,14). The summed E-state index contributed by atoms with van der Waals surface area (Å²) in [7, 11) is 1.67. The normalized spacial score (nSPS) is 10.5. The molecule has 0 bridgehead atoms. The Balaban J connectivity index is 2.12. The molecule has 0 radical (unpaired) electrons. The van der Waals surface area contributed by atoms with Crippen LogP contribution in [-0.4, -0.2) is 28.4 Å². The second kappa shape index (κ2) is 6.02. The minimum Gasteiger partial charge on any atom is -0.497 e. The van der Waals surface area contributed by atoms with Crippen LogP contribution >= 0.6 is 23.5 Å². The zero-order chi connectivity index (χ0) is 12.1. The number of benzene rings is 1. The van der Waals surface area contributed by atoms with E-state index >= 15 is 0 Å². The highest BCUT2D eigenvalue weighted by molar-refractivity contribution is 8.15. The highest BCUT2D eigenvalue weighted by Crippen LogP contribution is 2.24. The van der Waals surface area contributed by atoms with E-state index in [-0.39, 0.29) is 0 Å². The zero-order valence-corrected chi connectivity index (χ0v) is 11.4. The molecule has 0 atom stereocenters. The predicted octanol–water partition coefficient (Wildman–Crippen LogP) is 3.50. The monoisotopic (exact) mass is 266 g/mol. The van der Waals surface area contributed by atoms with Crippen LogP contribution in [0, 0.1) is 0 Å². The van der Waals surface area contributed by atoms with Gasteiger partial charge in [-0.2, -0.15) is 11.8 Å². The molecule has 2 aromatic rings. The van der Waals surface area contributed by atoms with Gasteiger partial charge in [0.2, 0.25) is 0 Å². The third-order valence-corrected chi connectivity index (χ3v) is 4.16. The Morgan fingerprint density at radius 1 is 1.29 bits per heavy atom. The van der Waals surface area contributed by atoms with Crippen molar-refractivity contribution in [3.8, 4) is 17.0 Å². The lowest BCUT2D eigenvalue weighted by atomic mass is 10.2. The molecule has 1 aromatic carbocycles. The van der Waals surface area contributed by atoms with Gasteiger partial charge in [-0.3, -0.25) is 0 Å². The Kier molecular flexibility index (Phi) is 4.39. The van der Waals surface area contributed by atoms with E-state index in [1.807, 2.05) is 30.5 Å². The first-order valence-electron chi connectivity index (χ1n) is 5.14. The number of nitrogens with zero attached hydrogens (tertiary/aromatic N) is 1. The minimum atomic E-state index is 0.866. The third kappa shape index (κ3) is 3.20. The van der Waals surface area contributed by atoms with Gasteiger partial charge < -0.3 is 9.72 Å². The SMILES string of the molecule is COc1ccc(-c2cnc(SCSC)[nH]2)cc1. The molecule has 0 aliphatic heterocycles. The van der Waals surface area contributed by atoms with Crippen molar-refractivity contribution >= 4 is 23.5 Å². The molecular formula is C12H14N2OS2. The van der Waals surface area contributed by atoms with Crippen LogP contribution in [0.25, 0.3) is 11.3 Å². The molecule has 0 aliphatic carbocycles. The molecule has 0 saturated carbocycles. The van der Waals surface area contributed by atoms with E-state index in [2.05, 4.69) is 16.2 Å². The van der Waals surface area contributed by atoms with Gasteiger partial charge in [0.05, 0.1) is 19.0 Å². The Morgan fingerprint density at radius 3 is 2.71 bits per heavy atom. The van der Waals surface area contributed by atoms with E-state index in [1.54, 1.807) is 30.6 Å². The highest BCUT2D eigenvalue weighted by atomic mass is 32.2. The molecule has 5 heteroatoms. The molecule has 1 aromatic heterocycles. The molecule has 0 spiro atoms. The Hall–Kier alpha value is -1.07. The van der Waals surface area contributed by atoms with Gasteiger partial charge in [-0.1, -0.05) is 11.8 Å². The maximum atomic E-state index is 5.13. The average molecular weight is 266 g/mol. The van der Waals surface area contributed by atoms with Gasteiger partial charge in [-0.25, -0.2) is 4.98 Å². The second-order valence-corrected chi connectivity index (χ2v) is 5.58. The number of imidazole rings is 1. The number of hydrogen-bond donors (Lipinski definition) is 1. The highest BCUT2D eigenvalue weighted by Gasteiger charge is 2.03. The third-order valence-electron chi connectivity index (χ3n) is 2.27. The molecule has 0 unspecified atom stereocenters. The number of rotatable bonds is 5. The molecule has 90 valence electrons. The van der Waals surface area contributed by atoms with Crippen molar-refractivity contribution in [3.63, 3.8) is 0 Å².